The van der Waals surface area contributed by atoms with Gasteiger partial charge in [-0.15, -0.1) is 5.10 Å². The second kappa shape index (κ2) is 8.83. The van der Waals surface area contributed by atoms with E-state index < -0.39 is 0 Å². The third-order valence-corrected chi connectivity index (χ3v) is 5.17. The van der Waals surface area contributed by atoms with Gasteiger partial charge in [0.1, 0.15) is 5.75 Å². The topological polar surface area (TPSA) is 88.8 Å². The average molecular weight is 401 g/mol. The molecule has 0 bridgehead atoms. The van der Waals surface area contributed by atoms with Crippen LogP contribution in [0.4, 0.5) is 5.13 Å². The molecule has 0 saturated heterocycles. The highest BCUT2D eigenvalue weighted by atomic mass is 32.1. The Balaban J connectivity index is 1.63. The number of hydrogen-bond donors (Lipinski definition) is 1. The predicted octanol–water partition coefficient (Wildman–Crippen LogP) is 1.86. The van der Waals surface area contributed by atoms with Gasteiger partial charge in [0.05, 0.1) is 13.7 Å². The van der Waals surface area contributed by atoms with E-state index in [1.54, 1.807) is 19.1 Å². The fourth-order valence-electron chi connectivity index (χ4n) is 2.67. The van der Waals surface area contributed by atoms with Crippen molar-refractivity contribution in [3.05, 3.63) is 51.9 Å². The van der Waals surface area contributed by atoms with Crippen LogP contribution in [0.5, 0.6) is 5.75 Å². The van der Waals surface area contributed by atoms with Crippen LogP contribution in [-0.4, -0.2) is 41.2 Å². The highest BCUT2D eigenvalue weighted by Gasteiger charge is 2.14. The number of likely N-dealkylation sites (N-methyl/N-ethyl adjacent to an activating group) is 1. The molecular weight excluding hydrogens is 378 g/mol. The highest BCUT2D eigenvalue weighted by Crippen LogP contribution is 2.20. The number of methoxy groups -OCH3 is 1. The lowest BCUT2D eigenvalue weighted by molar-refractivity contribution is -0.119. The van der Waals surface area contributed by atoms with E-state index in [-0.39, 0.29) is 18.0 Å². The fourth-order valence-corrected chi connectivity index (χ4v) is 3.55. The van der Waals surface area contributed by atoms with Gasteiger partial charge in [0.15, 0.2) is 0 Å². The standard InChI is InChI=1S/C19H23N5O3S/c1-4-5-14-10-17(26)24-18(21-14)28-19(22-24)23(2)12-16(25)20-11-13-6-8-15(27-3)9-7-13/h6-10H,4-5,11-12H2,1-3H3,(H,20,25). The van der Waals surface area contributed by atoms with E-state index in [1.807, 2.05) is 31.2 Å². The van der Waals surface area contributed by atoms with Crippen molar-refractivity contribution < 1.29 is 9.53 Å². The summed E-state index contributed by atoms with van der Waals surface area (Å²) >= 11 is 1.29. The lowest BCUT2D eigenvalue weighted by Gasteiger charge is -2.14. The van der Waals surface area contributed by atoms with Crippen molar-refractivity contribution >= 4 is 27.3 Å². The molecule has 9 heteroatoms. The van der Waals surface area contributed by atoms with Crippen LogP contribution in [0.3, 0.4) is 0 Å². The summed E-state index contributed by atoms with van der Waals surface area (Å²) < 4.78 is 6.40. The van der Waals surface area contributed by atoms with Gasteiger partial charge in [0.25, 0.3) is 5.56 Å². The van der Waals surface area contributed by atoms with Gasteiger partial charge in [0.2, 0.25) is 16.0 Å². The first-order valence-corrected chi connectivity index (χ1v) is 9.82. The van der Waals surface area contributed by atoms with E-state index in [0.29, 0.717) is 16.6 Å². The number of hydrogen-bond acceptors (Lipinski definition) is 7. The molecule has 148 valence electrons. The molecule has 2 heterocycles. The molecule has 0 aliphatic carbocycles. The number of aryl methyl sites for hydroxylation is 1. The van der Waals surface area contributed by atoms with Gasteiger partial charge in [-0.1, -0.05) is 36.8 Å². The number of benzene rings is 1. The first kappa shape index (κ1) is 19.8. The molecule has 28 heavy (non-hydrogen) atoms. The molecule has 0 spiro atoms. The zero-order chi connectivity index (χ0) is 20.1. The zero-order valence-corrected chi connectivity index (χ0v) is 17.0. The SMILES string of the molecule is CCCc1cc(=O)n2nc(N(C)CC(=O)NCc3ccc(OC)cc3)sc2n1. The van der Waals surface area contributed by atoms with Crippen LogP contribution in [0, 0.1) is 0 Å². The number of carbonyl (C=O) groups excluding carboxylic acids is 1. The van der Waals surface area contributed by atoms with Crippen molar-refractivity contribution in [2.45, 2.75) is 26.3 Å². The lowest BCUT2D eigenvalue weighted by Crippen LogP contribution is -2.34. The van der Waals surface area contributed by atoms with Crippen molar-refractivity contribution in [1.29, 1.82) is 0 Å². The Morgan fingerprint density at radius 3 is 2.75 bits per heavy atom. The zero-order valence-electron chi connectivity index (χ0n) is 16.1. The average Bonchev–Trinajstić information content (AvgIpc) is 3.12. The van der Waals surface area contributed by atoms with Crippen molar-refractivity contribution in [2.24, 2.45) is 0 Å². The summed E-state index contributed by atoms with van der Waals surface area (Å²) in [6.07, 6.45) is 1.67. The number of nitrogens with one attached hydrogen (secondary N) is 1. The maximum atomic E-state index is 12.3. The van der Waals surface area contributed by atoms with Crippen LogP contribution in [-0.2, 0) is 17.8 Å². The summed E-state index contributed by atoms with van der Waals surface area (Å²) in [6.45, 7) is 2.60. The molecule has 8 nitrogen and oxygen atoms in total. The minimum atomic E-state index is -0.201. The van der Waals surface area contributed by atoms with E-state index in [9.17, 15) is 9.59 Å². The normalized spacial score (nSPS) is 10.8. The molecule has 1 N–H and O–H groups in total. The fraction of sp³-hybridized carbons (Fsp3) is 0.368. The summed E-state index contributed by atoms with van der Waals surface area (Å²) in [7, 11) is 3.38. The number of carbonyl (C=O) groups is 1. The maximum absolute atomic E-state index is 12.3. The van der Waals surface area contributed by atoms with Crippen LogP contribution >= 0.6 is 11.3 Å². The van der Waals surface area contributed by atoms with Crippen LogP contribution in [0.15, 0.2) is 35.1 Å². The quantitative estimate of drug-likeness (QED) is 0.620. The predicted molar refractivity (Wildman–Crippen MR) is 109 cm³/mol. The monoisotopic (exact) mass is 401 g/mol. The van der Waals surface area contributed by atoms with Gasteiger partial charge < -0.3 is 15.0 Å². The molecule has 1 aromatic carbocycles. The Morgan fingerprint density at radius 2 is 2.07 bits per heavy atom. The van der Waals surface area contributed by atoms with Gasteiger partial charge in [-0.25, -0.2) is 4.98 Å². The van der Waals surface area contributed by atoms with Crippen molar-refractivity contribution in [2.75, 3.05) is 25.6 Å². The number of ether oxygens (including phenoxy) is 1. The summed E-state index contributed by atoms with van der Waals surface area (Å²) in [6, 6.07) is 9.03. The third kappa shape index (κ3) is 4.66. The Labute approximate surface area is 166 Å². The third-order valence-electron chi connectivity index (χ3n) is 4.15. The Bertz CT molecular complexity index is 1010. The van der Waals surface area contributed by atoms with E-state index >= 15 is 0 Å². The van der Waals surface area contributed by atoms with Crippen molar-refractivity contribution in [3.8, 4) is 5.75 Å². The molecule has 0 atom stereocenters. The molecule has 0 aliphatic heterocycles. The highest BCUT2D eigenvalue weighted by molar-refractivity contribution is 7.20. The number of anilines is 1. The van der Waals surface area contributed by atoms with Gasteiger partial charge in [-0.2, -0.15) is 4.52 Å². The number of fused-ring (bicyclic) bond motifs is 1. The molecule has 0 saturated carbocycles. The van der Waals surface area contributed by atoms with Gasteiger partial charge in [0, 0.05) is 25.4 Å². The number of rotatable bonds is 8. The summed E-state index contributed by atoms with van der Waals surface area (Å²) in [5.74, 6) is 0.640. The number of nitrogens with zero attached hydrogens (tertiary/aromatic N) is 4. The molecule has 3 aromatic rings. The molecule has 1 amide bonds. The first-order chi connectivity index (χ1) is 13.5. The van der Waals surface area contributed by atoms with Crippen molar-refractivity contribution in [1.82, 2.24) is 19.9 Å². The summed E-state index contributed by atoms with van der Waals surface area (Å²) in [4.78, 5) is 31.2. The molecule has 3 rings (SSSR count). The van der Waals surface area contributed by atoms with E-state index in [2.05, 4.69) is 15.4 Å². The number of aromatic nitrogens is 3. The molecule has 0 aliphatic rings. The summed E-state index contributed by atoms with van der Waals surface area (Å²) in [5.41, 5.74) is 1.55. The minimum Gasteiger partial charge on any atom is -0.497 e. The smallest absolute Gasteiger partial charge is 0.275 e. The Hall–Kier alpha value is -2.94. The molecule has 2 aromatic heterocycles. The van der Waals surface area contributed by atoms with Crippen LogP contribution in [0.2, 0.25) is 0 Å². The number of amides is 1. The van der Waals surface area contributed by atoms with Crippen LogP contribution in [0.1, 0.15) is 24.6 Å². The Morgan fingerprint density at radius 1 is 1.32 bits per heavy atom. The van der Waals surface area contributed by atoms with E-state index in [1.165, 1.54) is 21.9 Å². The van der Waals surface area contributed by atoms with Crippen LogP contribution < -0.4 is 20.5 Å². The molecule has 0 fully saturated rings. The Kier molecular flexibility index (Phi) is 6.25. The van der Waals surface area contributed by atoms with Crippen molar-refractivity contribution in [3.63, 3.8) is 0 Å². The van der Waals surface area contributed by atoms with Gasteiger partial charge >= 0.3 is 0 Å². The van der Waals surface area contributed by atoms with E-state index in [4.69, 9.17) is 4.74 Å². The second-order valence-corrected chi connectivity index (χ2v) is 7.33. The van der Waals surface area contributed by atoms with E-state index in [0.717, 1.165) is 29.8 Å². The first-order valence-electron chi connectivity index (χ1n) is 9.00. The second-order valence-electron chi connectivity index (χ2n) is 6.40. The molecular formula is C19H23N5O3S. The van der Waals surface area contributed by atoms with Crippen LogP contribution in [0.25, 0.3) is 4.96 Å². The largest absolute Gasteiger partial charge is 0.497 e. The maximum Gasteiger partial charge on any atom is 0.275 e. The lowest BCUT2D eigenvalue weighted by atomic mass is 10.2. The minimum absolute atomic E-state index is 0.131. The molecule has 0 radical (unpaired) electrons. The van der Waals surface area contributed by atoms with Gasteiger partial charge in [-0.05, 0) is 24.1 Å². The summed E-state index contributed by atoms with van der Waals surface area (Å²) in [5, 5.41) is 7.74. The van der Waals surface area contributed by atoms with Gasteiger partial charge in [-0.3, -0.25) is 9.59 Å². The molecule has 0 unspecified atom stereocenters.